The van der Waals surface area contributed by atoms with Crippen molar-refractivity contribution < 1.29 is 4.79 Å². The van der Waals surface area contributed by atoms with Gasteiger partial charge in [0.2, 0.25) is 0 Å². The third-order valence-corrected chi connectivity index (χ3v) is 2.46. The standard InChI is InChI=1S/C13H15NO/c1-2-13(15)12(10-14)9-8-11-6-4-3-5-7-11/h3-7,12H,2,8-9H2,1H3. The van der Waals surface area contributed by atoms with E-state index < -0.39 is 5.92 Å². The molecule has 1 aromatic carbocycles. The average molecular weight is 201 g/mol. The molecule has 0 saturated heterocycles. The largest absolute Gasteiger partial charge is 0.298 e. The van der Waals surface area contributed by atoms with Gasteiger partial charge in [-0.1, -0.05) is 37.3 Å². The zero-order valence-electron chi connectivity index (χ0n) is 8.94. The highest BCUT2D eigenvalue weighted by Crippen LogP contribution is 2.11. The molecule has 0 bridgehead atoms. The van der Waals surface area contributed by atoms with Gasteiger partial charge >= 0.3 is 0 Å². The first-order valence-corrected chi connectivity index (χ1v) is 5.24. The highest BCUT2D eigenvalue weighted by molar-refractivity contribution is 5.82. The van der Waals surface area contributed by atoms with Gasteiger partial charge in [0.05, 0.1) is 6.07 Å². The van der Waals surface area contributed by atoms with Crippen molar-refractivity contribution in [3.8, 4) is 6.07 Å². The van der Waals surface area contributed by atoms with E-state index >= 15 is 0 Å². The van der Waals surface area contributed by atoms with Crippen LogP contribution in [0.5, 0.6) is 0 Å². The Labute approximate surface area is 90.5 Å². The summed E-state index contributed by atoms with van der Waals surface area (Å²) in [6, 6.07) is 12.0. The minimum absolute atomic E-state index is 0.0495. The minimum atomic E-state index is -0.435. The summed E-state index contributed by atoms with van der Waals surface area (Å²) in [5.74, 6) is -0.386. The molecule has 15 heavy (non-hydrogen) atoms. The van der Waals surface area contributed by atoms with Crippen molar-refractivity contribution in [2.45, 2.75) is 26.2 Å². The Hall–Kier alpha value is -1.62. The summed E-state index contributed by atoms with van der Waals surface area (Å²) < 4.78 is 0. The molecule has 1 rings (SSSR count). The highest BCUT2D eigenvalue weighted by atomic mass is 16.1. The molecular formula is C13H15NO. The van der Waals surface area contributed by atoms with Crippen LogP contribution in [0.4, 0.5) is 0 Å². The number of nitrogens with zero attached hydrogens (tertiary/aromatic N) is 1. The van der Waals surface area contributed by atoms with Gasteiger partial charge in [-0.15, -0.1) is 0 Å². The topological polar surface area (TPSA) is 40.9 Å². The van der Waals surface area contributed by atoms with Crippen molar-refractivity contribution in [3.63, 3.8) is 0 Å². The van der Waals surface area contributed by atoms with Crippen LogP contribution in [0.25, 0.3) is 0 Å². The van der Waals surface area contributed by atoms with Crippen LogP contribution in [0.1, 0.15) is 25.3 Å². The summed E-state index contributed by atoms with van der Waals surface area (Å²) in [6.45, 7) is 1.80. The summed E-state index contributed by atoms with van der Waals surface area (Å²) >= 11 is 0. The van der Waals surface area contributed by atoms with Crippen LogP contribution in [0.3, 0.4) is 0 Å². The van der Waals surface area contributed by atoms with Gasteiger partial charge in [-0.05, 0) is 18.4 Å². The van der Waals surface area contributed by atoms with E-state index in [1.54, 1.807) is 6.92 Å². The third kappa shape index (κ3) is 3.55. The van der Waals surface area contributed by atoms with Gasteiger partial charge in [-0.2, -0.15) is 5.26 Å². The Bertz CT molecular complexity index is 351. The molecule has 0 fully saturated rings. The molecule has 0 radical (unpaired) electrons. The molecule has 0 N–H and O–H groups in total. The Morgan fingerprint density at radius 3 is 2.60 bits per heavy atom. The number of rotatable bonds is 5. The molecule has 0 amide bonds. The maximum absolute atomic E-state index is 11.3. The summed E-state index contributed by atoms with van der Waals surface area (Å²) in [4.78, 5) is 11.3. The lowest BCUT2D eigenvalue weighted by molar-refractivity contribution is -0.121. The van der Waals surface area contributed by atoms with Crippen LogP contribution in [0.2, 0.25) is 0 Å². The highest BCUT2D eigenvalue weighted by Gasteiger charge is 2.15. The first kappa shape index (κ1) is 11.5. The van der Waals surface area contributed by atoms with E-state index in [2.05, 4.69) is 6.07 Å². The zero-order chi connectivity index (χ0) is 11.1. The molecule has 1 unspecified atom stereocenters. The summed E-state index contributed by atoms with van der Waals surface area (Å²) in [6.07, 6.45) is 1.88. The summed E-state index contributed by atoms with van der Waals surface area (Å²) in [7, 11) is 0. The molecule has 0 spiro atoms. The molecular weight excluding hydrogens is 186 g/mol. The van der Waals surface area contributed by atoms with Gasteiger partial charge < -0.3 is 0 Å². The van der Waals surface area contributed by atoms with Crippen molar-refractivity contribution in [2.24, 2.45) is 5.92 Å². The first-order valence-electron chi connectivity index (χ1n) is 5.24. The van der Waals surface area contributed by atoms with E-state index in [0.29, 0.717) is 12.8 Å². The fraction of sp³-hybridized carbons (Fsp3) is 0.385. The quantitative estimate of drug-likeness (QED) is 0.735. The van der Waals surface area contributed by atoms with E-state index in [1.807, 2.05) is 30.3 Å². The third-order valence-electron chi connectivity index (χ3n) is 2.46. The van der Waals surface area contributed by atoms with Gasteiger partial charge in [0.15, 0.2) is 0 Å². The number of benzene rings is 1. The van der Waals surface area contributed by atoms with E-state index in [-0.39, 0.29) is 5.78 Å². The fourth-order valence-electron chi connectivity index (χ4n) is 1.50. The lowest BCUT2D eigenvalue weighted by atomic mass is 9.96. The lowest BCUT2D eigenvalue weighted by Crippen LogP contribution is -2.12. The number of hydrogen-bond acceptors (Lipinski definition) is 2. The Morgan fingerprint density at radius 1 is 1.40 bits per heavy atom. The fourth-order valence-corrected chi connectivity index (χ4v) is 1.50. The number of carbonyl (C=O) groups excluding carboxylic acids is 1. The Balaban J connectivity index is 2.49. The van der Waals surface area contributed by atoms with Crippen LogP contribution in [-0.4, -0.2) is 5.78 Å². The Morgan fingerprint density at radius 2 is 2.07 bits per heavy atom. The monoisotopic (exact) mass is 201 g/mol. The SMILES string of the molecule is CCC(=O)C(C#N)CCc1ccccc1. The number of carbonyl (C=O) groups is 1. The lowest BCUT2D eigenvalue weighted by Gasteiger charge is -2.06. The zero-order valence-corrected chi connectivity index (χ0v) is 8.94. The van der Waals surface area contributed by atoms with Crippen molar-refractivity contribution in [3.05, 3.63) is 35.9 Å². The Kier molecular flexibility index (Phi) is 4.56. The van der Waals surface area contributed by atoms with Crippen LogP contribution < -0.4 is 0 Å². The second kappa shape index (κ2) is 5.98. The van der Waals surface area contributed by atoms with E-state index in [1.165, 1.54) is 5.56 Å². The summed E-state index contributed by atoms with van der Waals surface area (Å²) in [5.41, 5.74) is 1.18. The normalized spacial score (nSPS) is 11.7. The molecule has 2 nitrogen and oxygen atoms in total. The van der Waals surface area contributed by atoms with Crippen LogP contribution in [-0.2, 0) is 11.2 Å². The second-order valence-corrected chi connectivity index (χ2v) is 3.53. The van der Waals surface area contributed by atoms with Crippen molar-refractivity contribution in [2.75, 3.05) is 0 Å². The summed E-state index contributed by atoms with van der Waals surface area (Å²) in [5, 5.41) is 8.83. The average Bonchev–Trinajstić information content (AvgIpc) is 2.31. The number of hydrogen-bond donors (Lipinski definition) is 0. The molecule has 0 aliphatic carbocycles. The smallest absolute Gasteiger partial charge is 0.149 e. The number of Topliss-reactive ketones (excluding diaryl/α,β-unsaturated/α-hetero) is 1. The minimum Gasteiger partial charge on any atom is -0.298 e. The van der Waals surface area contributed by atoms with Gasteiger partial charge in [0.1, 0.15) is 11.7 Å². The number of nitriles is 1. The van der Waals surface area contributed by atoms with Gasteiger partial charge in [0.25, 0.3) is 0 Å². The maximum Gasteiger partial charge on any atom is 0.149 e. The number of ketones is 1. The molecule has 0 saturated carbocycles. The van der Waals surface area contributed by atoms with Crippen molar-refractivity contribution in [1.82, 2.24) is 0 Å². The number of aryl methyl sites for hydroxylation is 1. The van der Waals surface area contributed by atoms with Crippen LogP contribution >= 0.6 is 0 Å². The predicted molar refractivity (Wildman–Crippen MR) is 59.2 cm³/mol. The molecule has 0 heterocycles. The van der Waals surface area contributed by atoms with E-state index in [9.17, 15) is 4.79 Å². The van der Waals surface area contributed by atoms with Crippen LogP contribution in [0.15, 0.2) is 30.3 Å². The van der Waals surface area contributed by atoms with E-state index in [4.69, 9.17) is 5.26 Å². The molecule has 1 atom stereocenters. The molecule has 0 aliphatic heterocycles. The van der Waals surface area contributed by atoms with Gasteiger partial charge in [-0.3, -0.25) is 4.79 Å². The molecule has 78 valence electrons. The first-order chi connectivity index (χ1) is 7.27. The van der Waals surface area contributed by atoms with Crippen molar-refractivity contribution in [1.29, 1.82) is 5.26 Å². The molecule has 1 aromatic rings. The molecule has 2 heteroatoms. The van der Waals surface area contributed by atoms with Crippen LogP contribution in [0, 0.1) is 17.2 Å². The van der Waals surface area contributed by atoms with Crippen molar-refractivity contribution >= 4 is 5.78 Å². The van der Waals surface area contributed by atoms with Gasteiger partial charge in [0, 0.05) is 6.42 Å². The van der Waals surface area contributed by atoms with Gasteiger partial charge in [-0.25, -0.2) is 0 Å². The molecule has 0 aromatic heterocycles. The van der Waals surface area contributed by atoms with E-state index in [0.717, 1.165) is 6.42 Å². The second-order valence-electron chi connectivity index (χ2n) is 3.53. The maximum atomic E-state index is 11.3. The predicted octanol–water partition coefficient (Wildman–Crippen LogP) is 2.74. The molecule has 0 aliphatic rings.